The number of aromatic nitrogens is 4. The van der Waals surface area contributed by atoms with E-state index in [1.807, 2.05) is 18.5 Å². The van der Waals surface area contributed by atoms with E-state index in [1.54, 1.807) is 18.7 Å². The van der Waals surface area contributed by atoms with Gasteiger partial charge in [0.15, 0.2) is 0 Å². The summed E-state index contributed by atoms with van der Waals surface area (Å²) in [6.07, 6.45) is 14.6. The summed E-state index contributed by atoms with van der Waals surface area (Å²) in [7, 11) is 0. The van der Waals surface area contributed by atoms with Crippen LogP contribution in [0.2, 0.25) is 0 Å². The minimum absolute atomic E-state index is 0.283. The fourth-order valence-corrected chi connectivity index (χ4v) is 4.71. The maximum Gasteiger partial charge on any atom is 0.144 e. The minimum Gasteiger partial charge on any atom is -0.363 e. The van der Waals surface area contributed by atoms with Crippen LogP contribution in [0.25, 0.3) is 11.4 Å². The largest absolute Gasteiger partial charge is 0.363 e. The van der Waals surface area contributed by atoms with Crippen LogP contribution >= 0.6 is 0 Å². The molecule has 1 unspecified atom stereocenters. The van der Waals surface area contributed by atoms with Crippen molar-refractivity contribution in [2.45, 2.75) is 51.2 Å². The molecule has 5 N–H and O–H groups in total. The molecule has 0 bridgehead atoms. The average Bonchev–Trinajstić information content (AvgIpc) is 3.31. The molecule has 0 spiro atoms. The molecule has 10 nitrogen and oxygen atoms in total. The molecule has 194 valence electrons. The van der Waals surface area contributed by atoms with E-state index in [2.05, 4.69) is 57.6 Å². The molecule has 1 atom stereocenters. The quantitative estimate of drug-likeness (QED) is 0.407. The third kappa shape index (κ3) is 7.21. The number of likely N-dealkylation sites (tertiary alicyclic amines) is 1. The fraction of sp³-hybridized carbons (Fsp3) is 0.444. The van der Waals surface area contributed by atoms with Crippen molar-refractivity contribution in [1.82, 2.24) is 24.8 Å². The molecular formula is C27H36N10. The lowest BCUT2D eigenvalue weighted by molar-refractivity contribution is 0.201. The molecular weight excluding hydrogens is 464 g/mol. The molecule has 0 aromatic carbocycles. The Balaban J connectivity index is 1.20. The van der Waals surface area contributed by atoms with Crippen LogP contribution in [0.1, 0.15) is 48.9 Å². The number of aliphatic imine (C=N–C) groups is 2. The second-order valence-corrected chi connectivity index (χ2v) is 9.72. The topological polar surface area (TPSA) is 132 Å². The van der Waals surface area contributed by atoms with Gasteiger partial charge in [0.05, 0.1) is 36.7 Å². The first kappa shape index (κ1) is 25.0. The fourth-order valence-electron chi connectivity index (χ4n) is 4.71. The summed E-state index contributed by atoms with van der Waals surface area (Å²) in [6, 6.07) is 6.55. The molecule has 10 heteroatoms. The lowest BCUT2D eigenvalue weighted by Gasteiger charge is -2.30. The van der Waals surface area contributed by atoms with Gasteiger partial charge in [-0.1, -0.05) is 0 Å². The van der Waals surface area contributed by atoms with E-state index >= 15 is 0 Å². The standard InChI is InChI=1S/C27H36N10/c28-22-5-4-10-37(18-22)17-20-6-9-31-23(11-20)14-33-26-16-32-25(15-34-26)24-12-21-13-29-7-2-1-3-8-30-19-35-27(21)36-24/h6,9,11-13,15-16,19,22,36H,1-5,7-8,10,14,17-18,28H2,(H,30,35)(H,33,34). The molecule has 2 aliphatic heterocycles. The zero-order chi connectivity index (χ0) is 25.3. The summed E-state index contributed by atoms with van der Waals surface area (Å²) < 4.78 is 0. The van der Waals surface area contributed by atoms with E-state index in [9.17, 15) is 0 Å². The number of nitrogens with zero attached hydrogens (tertiary/aromatic N) is 6. The van der Waals surface area contributed by atoms with Crippen LogP contribution in [0.4, 0.5) is 11.6 Å². The van der Waals surface area contributed by atoms with Crippen LogP contribution in [0.15, 0.2) is 46.8 Å². The highest BCUT2D eigenvalue weighted by Gasteiger charge is 2.16. The zero-order valence-corrected chi connectivity index (χ0v) is 21.2. The second-order valence-electron chi connectivity index (χ2n) is 9.72. The predicted molar refractivity (Wildman–Crippen MR) is 149 cm³/mol. The summed E-state index contributed by atoms with van der Waals surface area (Å²) in [5.74, 6) is 1.56. The lowest BCUT2D eigenvalue weighted by atomic mass is 10.1. The van der Waals surface area contributed by atoms with Crippen LogP contribution in [-0.2, 0) is 13.1 Å². The number of anilines is 2. The van der Waals surface area contributed by atoms with Crippen LogP contribution in [0, 0.1) is 0 Å². The molecule has 2 aliphatic rings. The molecule has 0 aliphatic carbocycles. The number of aromatic amines is 1. The van der Waals surface area contributed by atoms with E-state index < -0.39 is 0 Å². The Kier molecular flexibility index (Phi) is 8.50. The Bertz CT molecular complexity index is 1200. The normalized spacial score (nSPS) is 18.9. The third-order valence-electron chi connectivity index (χ3n) is 6.66. The van der Waals surface area contributed by atoms with Crippen molar-refractivity contribution < 1.29 is 0 Å². The van der Waals surface area contributed by atoms with Crippen molar-refractivity contribution in [3.63, 3.8) is 0 Å². The van der Waals surface area contributed by atoms with E-state index in [-0.39, 0.29) is 6.04 Å². The van der Waals surface area contributed by atoms with Crippen molar-refractivity contribution in [2.75, 3.05) is 36.8 Å². The number of piperidine rings is 1. The van der Waals surface area contributed by atoms with E-state index in [1.165, 1.54) is 12.0 Å². The van der Waals surface area contributed by atoms with Gasteiger partial charge in [-0.3, -0.25) is 19.9 Å². The van der Waals surface area contributed by atoms with Gasteiger partial charge in [0.2, 0.25) is 0 Å². The van der Waals surface area contributed by atoms with Crippen LogP contribution in [-0.4, -0.2) is 69.6 Å². The highest BCUT2D eigenvalue weighted by molar-refractivity contribution is 5.93. The first-order valence-corrected chi connectivity index (χ1v) is 13.2. The first-order chi connectivity index (χ1) is 18.2. The smallest absolute Gasteiger partial charge is 0.144 e. The van der Waals surface area contributed by atoms with Gasteiger partial charge < -0.3 is 21.4 Å². The molecule has 1 fully saturated rings. The first-order valence-electron chi connectivity index (χ1n) is 13.2. The minimum atomic E-state index is 0.283. The Morgan fingerprint density at radius 3 is 2.81 bits per heavy atom. The van der Waals surface area contributed by atoms with Crippen molar-refractivity contribution in [2.24, 2.45) is 15.7 Å². The molecule has 3 aromatic rings. The summed E-state index contributed by atoms with van der Waals surface area (Å²) in [5, 5.41) is 6.58. The number of hydrogen-bond acceptors (Lipinski definition) is 9. The Morgan fingerprint density at radius 2 is 1.95 bits per heavy atom. The van der Waals surface area contributed by atoms with Gasteiger partial charge >= 0.3 is 0 Å². The lowest BCUT2D eigenvalue weighted by Crippen LogP contribution is -2.42. The Morgan fingerprint density at radius 1 is 1.03 bits per heavy atom. The summed E-state index contributed by atoms with van der Waals surface area (Å²) in [5.41, 5.74) is 11.0. The number of rotatable bonds is 6. The number of pyridine rings is 1. The van der Waals surface area contributed by atoms with Crippen molar-refractivity contribution in [1.29, 1.82) is 0 Å². The number of fused-ring (bicyclic) bond motifs is 1. The summed E-state index contributed by atoms with van der Waals surface area (Å²) in [4.78, 5) is 28.5. The van der Waals surface area contributed by atoms with Crippen LogP contribution < -0.4 is 16.4 Å². The van der Waals surface area contributed by atoms with Gasteiger partial charge in [0.1, 0.15) is 17.3 Å². The predicted octanol–water partition coefficient (Wildman–Crippen LogP) is 3.44. The van der Waals surface area contributed by atoms with Gasteiger partial charge in [0, 0.05) is 50.2 Å². The number of hydrogen-bond donors (Lipinski definition) is 4. The Hall–Kier alpha value is -3.63. The van der Waals surface area contributed by atoms with Crippen LogP contribution in [0.3, 0.4) is 0 Å². The molecule has 5 rings (SSSR count). The third-order valence-corrected chi connectivity index (χ3v) is 6.66. The molecule has 0 amide bonds. The summed E-state index contributed by atoms with van der Waals surface area (Å²) in [6.45, 7) is 5.20. The molecule has 3 aromatic heterocycles. The molecule has 1 saturated heterocycles. The number of nitrogens with one attached hydrogen (secondary N) is 3. The monoisotopic (exact) mass is 500 g/mol. The van der Waals surface area contributed by atoms with Crippen LogP contribution in [0.5, 0.6) is 0 Å². The van der Waals surface area contributed by atoms with E-state index in [4.69, 9.17) is 5.73 Å². The molecule has 5 heterocycles. The van der Waals surface area contributed by atoms with Crippen molar-refractivity contribution in [3.8, 4) is 11.4 Å². The van der Waals surface area contributed by atoms with E-state index in [0.29, 0.717) is 12.4 Å². The van der Waals surface area contributed by atoms with Crippen molar-refractivity contribution in [3.05, 3.63) is 53.6 Å². The van der Waals surface area contributed by atoms with Gasteiger partial charge in [0.25, 0.3) is 0 Å². The van der Waals surface area contributed by atoms with E-state index in [0.717, 1.165) is 86.9 Å². The maximum absolute atomic E-state index is 6.14. The van der Waals surface area contributed by atoms with Gasteiger partial charge in [-0.25, -0.2) is 9.97 Å². The van der Waals surface area contributed by atoms with Gasteiger partial charge in [-0.05, 0) is 62.4 Å². The number of H-pyrrole nitrogens is 1. The highest BCUT2D eigenvalue weighted by Crippen LogP contribution is 2.23. The molecule has 37 heavy (non-hydrogen) atoms. The second kappa shape index (κ2) is 12.6. The van der Waals surface area contributed by atoms with Crippen molar-refractivity contribution >= 4 is 24.2 Å². The average molecular weight is 501 g/mol. The molecule has 0 radical (unpaired) electrons. The Labute approximate surface area is 218 Å². The summed E-state index contributed by atoms with van der Waals surface area (Å²) >= 11 is 0. The zero-order valence-electron chi connectivity index (χ0n) is 21.2. The number of nitrogens with two attached hydrogens (primary N) is 1. The highest BCUT2D eigenvalue weighted by atomic mass is 15.1. The SMILES string of the molecule is NC1CCCN(Cc2ccnc(CNc3cnc(-c4cc5c([nH]4)NC=NCCCCCN=C5)cn3)c2)C1. The van der Waals surface area contributed by atoms with Gasteiger partial charge in [-0.2, -0.15) is 0 Å². The molecule has 0 saturated carbocycles. The maximum atomic E-state index is 6.14. The van der Waals surface area contributed by atoms with Gasteiger partial charge in [-0.15, -0.1) is 0 Å².